The number of nitrogens with two attached hydrogens (primary N) is 1. The predicted molar refractivity (Wildman–Crippen MR) is 84.8 cm³/mol. The Morgan fingerprint density at radius 2 is 1.91 bits per heavy atom. The SMILES string of the molecule is NC(=O)[C@H]1CCCN(C(=O)CN(CC(=O)O)c2ccccc2)C1. The maximum absolute atomic E-state index is 12.5. The predicted octanol–water partition coefficient (Wildman–Crippen LogP) is 0.302. The number of nitrogens with zero attached hydrogens (tertiary/aromatic N) is 2. The lowest BCUT2D eigenvalue weighted by molar-refractivity contribution is -0.135. The van der Waals surface area contributed by atoms with Crippen molar-refractivity contribution in [3.8, 4) is 0 Å². The summed E-state index contributed by atoms with van der Waals surface area (Å²) in [5.74, 6) is -1.92. The van der Waals surface area contributed by atoms with E-state index in [9.17, 15) is 14.4 Å². The number of carbonyl (C=O) groups excluding carboxylic acids is 2. The molecule has 0 bridgehead atoms. The van der Waals surface area contributed by atoms with E-state index in [-0.39, 0.29) is 24.9 Å². The van der Waals surface area contributed by atoms with Crippen LogP contribution in [0.25, 0.3) is 0 Å². The lowest BCUT2D eigenvalue weighted by Gasteiger charge is -2.33. The minimum atomic E-state index is -1.00. The van der Waals surface area contributed by atoms with Gasteiger partial charge in [-0.2, -0.15) is 0 Å². The number of carbonyl (C=O) groups is 3. The second-order valence-corrected chi connectivity index (χ2v) is 5.67. The van der Waals surface area contributed by atoms with Crippen LogP contribution in [0.5, 0.6) is 0 Å². The number of amides is 2. The van der Waals surface area contributed by atoms with Crippen LogP contribution in [0, 0.1) is 5.92 Å². The van der Waals surface area contributed by atoms with Crippen LogP contribution < -0.4 is 10.6 Å². The van der Waals surface area contributed by atoms with Crippen LogP contribution in [-0.4, -0.2) is 54.0 Å². The summed E-state index contributed by atoms with van der Waals surface area (Å²) in [5, 5.41) is 9.06. The van der Waals surface area contributed by atoms with Gasteiger partial charge >= 0.3 is 5.97 Å². The first-order valence-electron chi connectivity index (χ1n) is 7.56. The van der Waals surface area contributed by atoms with Gasteiger partial charge in [-0.05, 0) is 25.0 Å². The Balaban J connectivity index is 2.05. The molecule has 2 rings (SSSR count). The first-order chi connectivity index (χ1) is 11.0. The van der Waals surface area contributed by atoms with Crippen molar-refractivity contribution in [3.05, 3.63) is 30.3 Å². The highest BCUT2D eigenvalue weighted by Gasteiger charge is 2.28. The number of carboxylic acid groups (broad SMARTS) is 1. The second-order valence-electron chi connectivity index (χ2n) is 5.67. The Morgan fingerprint density at radius 1 is 1.22 bits per heavy atom. The third-order valence-corrected chi connectivity index (χ3v) is 3.95. The fourth-order valence-electron chi connectivity index (χ4n) is 2.74. The molecule has 23 heavy (non-hydrogen) atoms. The van der Waals surface area contributed by atoms with Crippen molar-refractivity contribution in [3.63, 3.8) is 0 Å². The standard InChI is InChI=1S/C16H21N3O4/c17-16(23)12-5-4-8-18(9-12)14(20)10-19(11-15(21)22)13-6-2-1-3-7-13/h1-3,6-7,12H,4-5,8-11H2,(H2,17,23)(H,21,22)/t12-/m0/s1. The van der Waals surface area contributed by atoms with Crippen molar-refractivity contribution in [2.24, 2.45) is 11.7 Å². The van der Waals surface area contributed by atoms with E-state index in [0.717, 1.165) is 6.42 Å². The fourth-order valence-corrected chi connectivity index (χ4v) is 2.74. The molecule has 7 heteroatoms. The van der Waals surface area contributed by atoms with Gasteiger partial charge in [0.15, 0.2) is 0 Å². The van der Waals surface area contributed by atoms with E-state index >= 15 is 0 Å². The van der Waals surface area contributed by atoms with Crippen LogP contribution >= 0.6 is 0 Å². The zero-order valence-electron chi connectivity index (χ0n) is 12.9. The number of hydrogen-bond donors (Lipinski definition) is 2. The molecule has 1 aliphatic heterocycles. The van der Waals surface area contributed by atoms with Gasteiger partial charge < -0.3 is 20.6 Å². The number of rotatable bonds is 6. The summed E-state index contributed by atoms with van der Waals surface area (Å²) in [6, 6.07) is 8.93. The van der Waals surface area contributed by atoms with Gasteiger partial charge in [0, 0.05) is 18.8 Å². The number of benzene rings is 1. The molecule has 0 aromatic heterocycles. The number of carboxylic acids is 1. The summed E-state index contributed by atoms with van der Waals surface area (Å²) >= 11 is 0. The Kier molecular flexibility index (Phi) is 5.56. The number of aliphatic carboxylic acids is 1. The molecule has 1 fully saturated rings. The molecule has 2 amide bonds. The summed E-state index contributed by atoms with van der Waals surface area (Å²) in [7, 11) is 0. The van der Waals surface area contributed by atoms with Crippen molar-refractivity contribution >= 4 is 23.5 Å². The maximum Gasteiger partial charge on any atom is 0.323 e. The first kappa shape index (κ1) is 16.8. The highest BCUT2D eigenvalue weighted by Crippen LogP contribution is 2.18. The Labute approximate surface area is 134 Å². The van der Waals surface area contributed by atoms with E-state index in [0.29, 0.717) is 25.2 Å². The summed E-state index contributed by atoms with van der Waals surface area (Å²) < 4.78 is 0. The van der Waals surface area contributed by atoms with Crippen molar-refractivity contribution in [1.29, 1.82) is 0 Å². The zero-order valence-corrected chi connectivity index (χ0v) is 12.9. The molecule has 1 aliphatic rings. The van der Waals surface area contributed by atoms with Crippen molar-refractivity contribution in [1.82, 2.24) is 4.90 Å². The molecule has 0 saturated carbocycles. The first-order valence-corrected chi connectivity index (χ1v) is 7.56. The highest BCUT2D eigenvalue weighted by atomic mass is 16.4. The van der Waals surface area contributed by atoms with Gasteiger partial charge in [-0.15, -0.1) is 0 Å². The fraction of sp³-hybridized carbons (Fsp3) is 0.438. The summed E-state index contributed by atoms with van der Waals surface area (Å²) in [4.78, 5) is 37.9. The minimum Gasteiger partial charge on any atom is -0.480 e. The largest absolute Gasteiger partial charge is 0.480 e. The summed E-state index contributed by atoms with van der Waals surface area (Å²) in [5.41, 5.74) is 6.00. The molecule has 1 atom stereocenters. The van der Waals surface area contributed by atoms with E-state index < -0.39 is 11.9 Å². The van der Waals surface area contributed by atoms with Gasteiger partial charge in [0.05, 0.1) is 12.5 Å². The molecule has 1 aromatic carbocycles. The molecule has 1 saturated heterocycles. The van der Waals surface area contributed by atoms with E-state index in [1.54, 1.807) is 29.2 Å². The van der Waals surface area contributed by atoms with E-state index in [1.807, 2.05) is 6.07 Å². The van der Waals surface area contributed by atoms with Crippen LogP contribution in [0.2, 0.25) is 0 Å². The molecule has 0 aliphatic carbocycles. The molecule has 3 N–H and O–H groups in total. The summed E-state index contributed by atoms with van der Waals surface area (Å²) in [6.45, 7) is 0.576. The monoisotopic (exact) mass is 319 g/mol. The number of hydrogen-bond acceptors (Lipinski definition) is 4. The normalized spacial score (nSPS) is 17.6. The zero-order chi connectivity index (χ0) is 16.8. The quantitative estimate of drug-likeness (QED) is 0.785. The van der Waals surface area contributed by atoms with Crippen LogP contribution in [0.3, 0.4) is 0 Å². The van der Waals surface area contributed by atoms with Gasteiger partial charge in [0.2, 0.25) is 11.8 Å². The lowest BCUT2D eigenvalue weighted by Crippen LogP contribution is -2.48. The summed E-state index contributed by atoms with van der Waals surface area (Å²) in [6.07, 6.45) is 1.42. The molecular weight excluding hydrogens is 298 g/mol. The number of anilines is 1. The molecule has 1 heterocycles. The number of primary amides is 1. The van der Waals surface area contributed by atoms with Crippen molar-refractivity contribution < 1.29 is 19.5 Å². The van der Waals surface area contributed by atoms with E-state index in [2.05, 4.69) is 0 Å². The van der Waals surface area contributed by atoms with Crippen LogP contribution in [0.15, 0.2) is 30.3 Å². The average molecular weight is 319 g/mol. The topological polar surface area (TPSA) is 104 Å². The third kappa shape index (κ3) is 4.70. The van der Waals surface area contributed by atoms with Gasteiger partial charge in [0.1, 0.15) is 6.54 Å². The lowest BCUT2D eigenvalue weighted by atomic mass is 9.97. The van der Waals surface area contributed by atoms with Gasteiger partial charge in [-0.1, -0.05) is 18.2 Å². The van der Waals surface area contributed by atoms with E-state index in [4.69, 9.17) is 10.8 Å². The molecule has 0 spiro atoms. The molecule has 0 unspecified atom stereocenters. The van der Waals surface area contributed by atoms with Crippen LogP contribution in [-0.2, 0) is 14.4 Å². The smallest absolute Gasteiger partial charge is 0.323 e. The number of piperidine rings is 1. The average Bonchev–Trinajstić information content (AvgIpc) is 2.54. The van der Waals surface area contributed by atoms with Crippen LogP contribution in [0.4, 0.5) is 5.69 Å². The molecule has 124 valence electrons. The van der Waals surface area contributed by atoms with Gasteiger partial charge in [-0.3, -0.25) is 14.4 Å². The number of likely N-dealkylation sites (tertiary alicyclic amines) is 1. The van der Waals surface area contributed by atoms with Gasteiger partial charge in [-0.25, -0.2) is 0 Å². The molecule has 7 nitrogen and oxygen atoms in total. The number of para-hydroxylation sites is 1. The Morgan fingerprint density at radius 3 is 2.52 bits per heavy atom. The van der Waals surface area contributed by atoms with Crippen LogP contribution in [0.1, 0.15) is 12.8 Å². The second kappa shape index (κ2) is 7.62. The maximum atomic E-state index is 12.5. The molecular formula is C16H21N3O4. The van der Waals surface area contributed by atoms with E-state index in [1.165, 1.54) is 4.90 Å². The minimum absolute atomic E-state index is 0.0399. The molecule has 1 aromatic rings. The Bertz CT molecular complexity index is 576. The van der Waals surface area contributed by atoms with Crippen molar-refractivity contribution in [2.75, 3.05) is 31.1 Å². The van der Waals surface area contributed by atoms with Crippen molar-refractivity contribution in [2.45, 2.75) is 12.8 Å². The third-order valence-electron chi connectivity index (χ3n) is 3.95. The molecule has 0 radical (unpaired) electrons. The Hall–Kier alpha value is -2.57. The van der Waals surface area contributed by atoms with Gasteiger partial charge in [0.25, 0.3) is 0 Å². The highest BCUT2D eigenvalue weighted by molar-refractivity contribution is 5.85.